The molecule has 1 aliphatic heterocycles. The van der Waals surface area contributed by atoms with E-state index >= 15 is 0 Å². The topological polar surface area (TPSA) is 26.3 Å². The van der Waals surface area contributed by atoms with Gasteiger partial charge >= 0.3 is 5.97 Å². The Kier molecular flexibility index (Phi) is 0.925. The molecule has 0 atom stereocenters. The highest BCUT2D eigenvalue weighted by Gasteiger charge is 2.24. The summed E-state index contributed by atoms with van der Waals surface area (Å²) in [6, 6.07) is 4.93. The number of hydrogen-bond acceptors (Lipinski definition) is 2. The van der Waals surface area contributed by atoms with Crippen LogP contribution in [0.1, 0.15) is 46.5 Å². The number of benzene rings is 1. The van der Waals surface area contributed by atoms with E-state index < -0.39 is 37.4 Å². The molecule has 0 bridgehead atoms. The molecule has 0 unspecified atom stereocenters. The highest BCUT2D eigenvalue weighted by Crippen LogP contribution is 2.29. The standard InChI is InChI=1S/C12H12O2/c1-2-3-8-11-9-6-4-5-7-10(9)12(13)14-11/h4-8H,2-3H2,1H3/i1D3,2D2,3D2,8D. The number of carbonyl (C=O) groups is 1. The van der Waals surface area contributed by atoms with Crippen molar-refractivity contribution in [1.82, 2.24) is 0 Å². The van der Waals surface area contributed by atoms with Gasteiger partial charge in [-0.25, -0.2) is 4.79 Å². The van der Waals surface area contributed by atoms with Crippen LogP contribution < -0.4 is 0 Å². The van der Waals surface area contributed by atoms with Crippen molar-refractivity contribution in [3.63, 3.8) is 0 Å². The monoisotopic (exact) mass is 196 g/mol. The molecule has 0 saturated carbocycles. The van der Waals surface area contributed by atoms with Gasteiger partial charge in [-0.15, -0.1) is 0 Å². The summed E-state index contributed by atoms with van der Waals surface area (Å²) in [5.74, 6) is -1.25. The first kappa shape index (κ1) is 3.54. The van der Waals surface area contributed by atoms with Crippen molar-refractivity contribution in [2.45, 2.75) is 19.6 Å². The molecule has 1 aromatic carbocycles. The van der Waals surface area contributed by atoms with Gasteiger partial charge in [0.25, 0.3) is 0 Å². The number of fused-ring (bicyclic) bond motifs is 1. The van der Waals surface area contributed by atoms with Crippen LogP contribution in [0.25, 0.3) is 5.76 Å². The summed E-state index contributed by atoms with van der Waals surface area (Å²) in [5, 5.41) is 0. The van der Waals surface area contributed by atoms with Crippen LogP contribution >= 0.6 is 0 Å². The van der Waals surface area contributed by atoms with Gasteiger partial charge < -0.3 is 4.74 Å². The molecule has 1 aliphatic rings. The predicted molar refractivity (Wildman–Crippen MR) is 54.7 cm³/mol. The predicted octanol–water partition coefficient (Wildman–Crippen LogP) is 3.00. The van der Waals surface area contributed by atoms with E-state index in [2.05, 4.69) is 0 Å². The number of hydrogen-bond donors (Lipinski definition) is 0. The summed E-state index contributed by atoms with van der Waals surface area (Å²) in [6.45, 7) is -3.29. The van der Waals surface area contributed by atoms with Gasteiger partial charge in [-0.1, -0.05) is 31.4 Å². The van der Waals surface area contributed by atoms with E-state index in [4.69, 9.17) is 15.7 Å². The fourth-order valence-electron chi connectivity index (χ4n) is 1.24. The highest BCUT2D eigenvalue weighted by molar-refractivity contribution is 6.02. The van der Waals surface area contributed by atoms with Crippen molar-refractivity contribution >= 4 is 11.7 Å². The average Bonchev–Trinajstić information content (AvgIpc) is 2.74. The van der Waals surface area contributed by atoms with Crippen LogP contribution in [0.2, 0.25) is 0 Å². The number of rotatable bonds is 2. The van der Waals surface area contributed by atoms with Crippen molar-refractivity contribution in [2.75, 3.05) is 0 Å². The summed E-state index contributed by atoms with van der Waals surface area (Å²) >= 11 is 0. The van der Waals surface area contributed by atoms with Crippen molar-refractivity contribution in [3.8, 4) is 0 Å². The SMILES string of the molecule is [2H]C(=C1OC(=O)c2ccccc21)C([2H])([2H])C([2H])([2H])C([2H])([2H])[2H]. The Hall–Kier alpha value is -1.57. The molecular weight excluding hydrogens is 176 g/mol. The first-order valence-corrected chi connectivity index (χ1v) is 3.94. The fraction of sp³-hybridized carbons (Fsp3) is 0.250. The van der Waals surface area contributed by atoms with Gasteiger partial charge in [-0.2, -0.15) is 0 Å². The third kappa shape index (κ3) is 1.43. The van der Waals surface area contributed by atoms with Crippen LogP contribution in [0.4, 0.5) is 0 Å². The number of allylic oxidation sites excluding steroid dienone is 1. The van der Waals surface area contributed by atoms with Crippen LogP contribution in [-0.2, 0) is 4.74 Å². The molecule has 1 aromatic rings. The molecule has 0 fully saturated rings. The first-order chi connectivity index (χ1) is 9.91. The first-order valence-electron chi connectivity index (χ1n) is 7.94. The maximum Gasteiger partial charge on any atom is 0.344 e. The molecule has 0 N–H and O–H groups in total. The minimum Gasteiger partial charge on any atom is -0.423 e. The average molecular weight is 196 g/mol. The normalized spacial score (nSPS) is 29.0. The largest absolute Gasteiger partial charge is 0.423 e. The lowest BCUT2D eigenvalue weighted by atomic mass is 10.1. The summed E-state index contributed by atoms with van der Waals surface area (Å²) in [4.78, 5) is 11.7. The molecule has 1 heterocycles. The Labute approximate surface area is 94.4 Å². The molecule has 2 rings (SSSR count). The summed E-state index contributed by atoms with van der Waals surface area (Å²) < 4.78 is 64.7. The van der Waals surface area contributed by atoms with Gasteiger partial charge in [0.1, 0.15) is 5.76 Å². The third-order valence-electron chi connectivity index (χ3n) is 1.82. The van der Waals surface area contributed by atoms with Gasteiger partial charge in [0.15, 0.2) is 0 Å². The van der Waals surface area contributed by atoms with Crippen LogP contribution in [0, 0.1) is 0 Å². The number of carbonyl (C=O) groups excluding carboxylic acids is 1. The summed E-state index contributed by atoms with van der Waals surface area (Å²) in [5.41, 5.74) is 0.259. The summed E-state index contributed by atoms with van der Waals surface area (Å²) in [6.07, 6.45) is -6.50. The maximum absolute atomic E-state index is 11.7. The van der Waals surface area contributed by atoms with Gasteiger partial charge in [-0.05, 0) is 18.5 Å². The van der Waals surface area contributed by atoms with Crippen molar-refractivity contribution < 1.29 is 20.5 Å². The van der Waals surface area contributed by atoms with Gasteiger partial charge in [0.05, 0.1) is 6.93 Å². The fourth-order valence-corrected chi connectivity index (χ4v) is 1.24. The molecule has 2 nitrogen and oxygen atoms in total. The second kappa shape index (κ2) is 3.66. The molecule has 14 heavy (non-hydrogen) atoms. The van der Waals surface area contributed by atoms with Crippen LogP contribution in [0.3, 0.4) is 0 Å². The zero-order valence-corrected chi connectivity index (χ0v) is 7.13. The molecular formula is C12H12O2. The van der Waals surface area contributed by atoms with E-state index in [-0.39, 0.29) is 11.1 Å². The van der Waals surface area contributed by atoms with Gasteiger partial charge in [0, 0.05) is 15.2 Å². The molecule has 0 aromatic heterocycles. The van der Waals surface area contributed by atoms with E-state index in [9.17, 15) is 4.79 Å². The number of cyclic esters (lactones) is 1. The molecule has 0 spiro atoms. The molecule has 0 amide bonds. The molecule has 2 heteroatoms. The Morgan fingerprint density at radius 3 is 3.14 bits per heavy atom. The van der Waals surface area contributed by atoms with E-state index in [1.54, 1.807) is 12.1 Å². The Morgan fingerprint density at radius 2 is 2.36 bits per heavy atom. The Bertz CT molecular complexity index is 659. The van der Waals surface area contributed by atoms with E-state index in [1.807, 2.05) is 0 Å². The van der Waals surface area contributed by atoms with Crippen molar-refractivity contribution in [2.24, 2.45) is 0 Å². The van der Waals surface area contributed by atoms with E-state index in [1.165, 1.54) is 12.1 Å². The minimum absolute atomic E-state index is 0.118. The second-order valence-corrected chi connectivity index (χ2v) is 2.64. The van der Waals surface area contributed by atoms with Crippen LogP contribution in [0.15, 0.2) is 30.3 Å². The number of esters is 1. The molecule has 0 radical (unpaired) electrons. The maximum atomic E-state index is 11.7. The van der Waals surface area contributed by atoms with Gasteiger partial charge in [0.2, 0.25) is 0 Å². The smallest absolute Gasteiger partial charge is 0.344 e. The Balaban J connectivity index is 2.61. The van der Waals surface area contributed by atoms with Gasteiger partial charge in [-0.3, -0.25) is 0 Å². The van der Waals surface area contributed by atoms with Crippen molar-refractivity contribution in [3.05, 3.63) is 41.4 Å². The molecule has 0 saturated heterocycles. The van der Waals surface area contributed by atoms with E-state index in [0.717, 1.165) is 0 Å². The number of ether oxygens (including phenoxy) is 1. The molecule has 0 aliphatic carbocycles. The zero-order valence-electron chi connectivity index (χ0n) is 15.1. The van der Waals surface area contributed by atoms with E-state index in [0.29, 0.717) is 0 Å². The lowest BCUT2D eigenvalue weighted by molar-refractivity contribution is 0.0715. The highest BCUT2D eigenvalue weighted by atomic mass is 16.5. The zero-order chi connectivity index (χ0) is 16.9. The molecule has 72 valence electrons. The van der Waals surface area contributed by atoms with Crippen LogP contribution in [-0.4, -0.2) is 5.97 Å². The second-order valence-electron chi connectivity index (χ2n) is 2.64. The van der Waals surface area contributed by atoms with Crippen molar-refractivity contribution in [1.29, 1.82) is 0 Å². The third-order valence-corrected chi connectivity index (χ3v) is 1.82. The lowest BCUT2D eigenvalue weighted by Crippen LogP contribution is -1.92. The van der Waals surface area contributed by atoms with Crippen LogP contribution in [0.5, 0.6) is 0 Å². The lowest BCUT2D eigenvalue weighted by Gasteiger charge is -1.96. The minimum atomic E-state index is -3.33. The Morgan fingerprint density at radius 1 is 1.57 bits per heavy atom. The quantitative estimate of drug-likeness (QED) is 0.680. The summed E-state index contributed by atoms with van der Waals surface area (Å²) in [7, 11) is 0.